The van der Waals surface area contributed by atoms with Gasteiger partial charge in [-0.25, -0.2) is 4.98 Å². The van der Waals surface area contributed by atoms with Crippen LogP contribution in [0, 0.1) is 12.8 Å². The fourth-order valence-electron chi connectivity index (χ4n) is 3.29. The third kappa shape index (κ3) is 4.47. The minimum absolute atomic E-state index is 0.194. The molecule has 2 heterocycles. The maximum atomic E-state index is 13.1. The van der Waals surface area contributed by atoms with E-state index in [0.29, 0.717) is 18.0 Å². The van der Waals surface area contributed by atoms with Crippen LogP contribution in [0.15, 0.2) is 42.6 Å². The first kappa shape index (κ1) is 20.6. The van der Waals surface area contributed by atoms with Crippen molar-refractivity contribution in [2.75, 3.05) is 11.9 Å². The summed E-state index contributed by atoms with van der Waals surface area (Å²) in [6.45, 7) is 8.81. The Kier molecular flexibility index (Phi) is 6.32. The van der Waals surface area contributed by atoms with Crippen molar-refractivity contribution in [3.63, 3.8) is 0 Å². The van der Waals surface area contributed by atoms with Gasteiger partial charge < -0.3 is 10.6 Å². The number of carbonyl (C=O) groups excluding carboxylic acids is 2. The van der Waals surface area contributed by atoms with E-state index in [2.05, 4.69) is 36.4 Å². The number of carbonyl (C=O) groups is 2. The van der Waals surface area contributed by atoms with E-state index in [4.69, 9.17) is 0 Å². The number of hydrogen-bond donors (Lipinski definition) is 2. The van der Waals surface area contributed by atoms with Gasteiger partial charge in [0.2, 0.25) is 5.82 Å². The molecule has 3 aromatic rings. The largest absolute Gasteiger partial charge is 0.351 e. The summed E-state index contributed by atoms with van der Waals surface area (Å²) in [5, 5.41) is 5.90. The second-order valence-electron chi connectivity index (χ2n) is 7.60. The zero-order valence-corrected chi connectivity index (χ0v) is 17.5. The lowest BCUT2D eigenvalue weighted by Gasteiger charge is -2.12. The zero-order chi connectivity index (χ0) is 21.0. The van der Waals surface area contributed by atoms with E-state index >= 15 is 0 Å². The third-order valence-corrected chi connectivity index (χ3v) is 4.95. The van der Waals surface area contributed by atoms with Crippen molar-refractivity contribution in [1.82, 2.24) is 14.7 Å². The lowest BCUT2D eigenvalue weighted by atomic mass is 10.1. The Labute approximate surface area is 171 Å². The summed E-state index contributed by atoms with van der Waals surface area (Å²) >= 11 is 0. The lowest BCUT2D eigenvalue weighted by molar-refractivity contribution is 0.0949. The van der Waals surface area contributed by atoms with Crippen molar-refractivity contribution >= 4 is 23.0 Å². The van der Waals surface area contributed by atoms with Crippen LogP contribution in [0.25, 0.3) is 5.52 Å². The summed E-state index contributed by atoms with van der Waals surface area (Å²) in [5.74, 6) is 0.0899. The molecule has 0 saturated heterocycles. The number of rotatable bonds is 7. The fourth-order valence-corrected chi connectivity index (χ4v) is 3.29. The van der Waals surface area contributed by atoms with Crippen molar-refractivity contribution in [2.45, 2.75) is 40.5 Å². The first-order valence-electron chi connectivity index (χ1n) is 10.1. The van der Waals surface area contributed by atoms with E-state index in [1.54, 1.807) is 16.7 Å². The molecule has 0 aliphatic heterocycles. The highest BCUT2D eigenvalue weighted by Gasteiger charge is 2.22. The Balaban J connectivity index is 1.92. The minimum atomic E-state index is -0.337. The van der Waals surface area contributed by atoms with Gasteiger partial charge in [-0.05, 0) is 48.9 Å². The predicted molar refractivity (Wildman–Crippen MR) is 115 cm³/mol. The summed E-state index contributed by atoms with van der Waals surface area (Å²) in [6, 6.07) is 11.4. The molecule has 0 saturated carbocycles. The summed E-state index contributed by atoms with van der Waals surface area (Å²) in [4.78, 5) is 30.1. The fraction of sp³-hybridized carbons (Fsp3) is 0.348. The van der Waals surface area contributed by atoms with Crippen LogP contribution in [0.3, 0.4) is 0 Å². The van der Waals surface area contributed by atoms with E-state index in [1.807, 2.05) is 37.3 Å². The first-order valence-corrected chi connectivity index (χ1v) is 10.1. The average molecular weight is 393 g/mol. The summed E-state index contributed by atoms with van der Waals surface area (Å²) in [7, 11) is 0. The number of imidazole rings is 1. The van der Waals surface area contributed by atoms with E-state index in [-0.39, 0.29) is 23.3 Å². The van der Waals surface area contributed by atoms with E-state index in [9.17, 15) is 9.59 Å². The SMILES string of the molecule is CCc1cccc(C)c1NC(=O)c1nc(C(=O)NCCC(C)C)c2ccccn12. The Morgan fingerprint density at radius 2 is 1.90 bits per heavy atom. The number of amides is 2. The van der Waals surface area contributed by atoms with Crippen molar-refractivity contribution in [1.29, 1.82) is 0 Å². The molecule has 29 heavy (non-hydrogen) atoms. The number of aryl methyl sites for hydroxylation is 2. The monoisotopic (exact) mass is 392 g/mol. The molecule has 1 aromatic carbocycles. The van der Waals surface area contributed by atoms with Gasteiger partial charge in [0.15, 0.2) is 5.69 Å². The number of benzene rings is 1. The Morgan fingerprint density at radius 1 is 1.10 bits per heavy atom. The summed E-state index contributed by atoms with van der Waals surface area (Å²) < 4.78 is 1.66. The Bertz CT molecular complexity index is 1040. The average Bonchev–Trinajstić information content (AvgIpc) is 3.09. The molecule has 6 nitrogen and oxygen atoms in total. The second kappa shape index (κ2) is 8.90. The predicted octanol–water partition coefficient (Wildman–Crippen LogP) is 4.23. The highest BCUT2D eigenvalue weighted by Crippen LogP contribution is 2.22. The van der Waals surface area contributed by atoms with Crippen molar-refractivity contribution < 1.29 is 9.59 Å². The first-order chi connectivity index (χ1) is 13.9. The Hall–Kier alpha value is -3.15. The van der Waals surface area contributed by atoms with E-state index in [1.165, 1.54) is 0 Å². The minimum Gasteiger partial charge on any atom is -0.351 e. The highest BCUT2D eigenvalue weighted by molar-refractivity contribution is 6.06. The van der Waals surface area contributed by atoms with Crippen molar-refractivity contribution in [3.05, 3.63) is 65.2 Å². The molecule has 2 aromatic heterocycles. The van der Waals surface area contributed by atoms with Crippen LogP contribution in [0.5, 0.6) is 0 Å². The number of hydrogen-bond acceptors (Lipinski definition) is 3. The molecule has 0 unspecified atom stereocenters. The topological polar surface area (TPSA) is 75.5 Å². The number of anilines is 1. The van der Waals surface area contributed by atoms with Crippen LogP contribution >= 0.6 is 0 Å². The molecule has 3 rings (SSSR count). The van der Waals surface area contributed by atoms with Gasteiger partial charge in [0.1, 0.15) is 0 Å². The summed E-state index contributed by atoms with van der Waals surface area (Å²) in [6.07, 6.45) is 3.45. The summed E-state index contributed by atoms with van der Waals surface area (Å²) in [5.41, 5.74) is 3.73. The number of nitrogens with one attached hydrogen (secondary N) is 2. The van der Waals surface area contributed by atoms with Gasteiger partial charge in [0.25, 0.3) is 11.8 Å². The van der Waals surface area contributed by atoms with Crippen LogP contribution in [0.2, 0.25) is 0 Å². The van der Waals surface area contributed by atoms with Crippen LogP contribution in [0.1, 0.15) is 59.4 Å². The molecule has 0 fully saturated rings. The zero-order valence-electron chi connectivity index (χ0n) is 17.5. The van der Waals surface area contributed by atoms with Gasteiger partial charge in [-0.2, -0.15) is 0 Å². The van der Waals surface area contributed by atoms with E-state index < -0.39 is 0 Å². The van der Waals surface area contributed by atoms with Crippen LogP contribution in [0.4, 0.5) is 5.69 Å². The van der Waals surface area contributed by atoms with Gasteiger partial charge >= 0.3 is 0 Å². The number of para-hydroxylation sites is 1. The molecule has 0 atom stereocenters. The number of nitrogens with zero attached hydrogens (tertiary/aromatic N) is 2. The smallest absolute Gasteiger partial charge is 0.292 e. The quantitative estimate of drug-likeness (QED) is 0.632. The molecular formula is C23H28N4O2. The molecule has 0 aliphatic carbocycles. The molecule has 0 bridgehead atoms. The molecule has 2 amide bonds. The lowest BCUT2D eigenvalue weighted by Crippen LogP contribution is -2.26. The van der Waals surface area contributed by atoms with Crippen LogP contribution in [-0.4, -0.2) is 27.7 Å². The number of aromatic nitrogens is 2. The van der Waals surface area contributed by atoms with Crippen molar-refractivity contribution in [2.24, 2.45) is 5.92 Å². The van der Waals surface area contributed by atoms with Gasteiger partial charge in [0, 0.05) is 18.4 Å². The van der Waals surface area contributed by atoms with Gasteiger partial charge in [0.05, 0.1) is 5.52 Å². The molecular weight excluding hydrogens is 364 g/mol. The second-order valence-corrected chi connectivity index (χ2v) is 7.60. The molecule has 0 spiro atoms. The van der Waals surface area contributed by atoms with E-state index in [0.717, 1.165) is 29.7 Å². The van der Waals surface area contributed by atoms with Gasteiger partial charge in [-0.3, -0.25) is 14.0 Å². The van der Waals surface area contributed by atoms with Crippen LogP contribution in [-0.2, 0) is 6.42 Å². The number of fused-ring (bicyclic) bond motifs is 1. The third-order valence-electron chi connectivity index (χ3n) is 4.95. The molecule has 0 radical (unpaired) electrons. The normalized spacial score (nSPS) is 11.1. The molecule has 0 aliphatic rings. The van der Waals surface area contributed by atoms with Gasteiger partial charge in [-0.15, -0.1) is 0 Å². The maximum absolute atomic E-state index is 13.1. The Morgan fingerprint density at radius 3 is 2.62 bits per heavy atom. The highest BCUT2D eigenvalue weighted by atomic mass is 16.2. The van der Waals surface area contributed by atoms with Crippen LogP contribution < -0.4 is 10.6 Å². The standard InChI is InChI=1S/C23H28N4O2/c1-5-17-10-8-9-16(4)19(17)26-23(29)21-25-20(18-11-6-7-14-27(18)21)22(28)24-13-12-15(2)3/h6-11,14-15H,5,12-13H2,1-4H3,(H,24,28)(H,26,29). The van der Waals surface area contributed by atoms with Crippen molar-refractivity contribution in [3.8, 4) is 0 Å². The van der Waals surface area contributed by atoms with Gasteiger partial charge in [-0.1, -0.05) is 45.0 Å². The maximum Gasteiger partial charge on any atom is 0.292 e. The molecule has 6 heteroatoms. The molecule has 152 valence electrons. The molecule has 2 N–H and O–H groups in total. The number of pyridine rings is 1.